The van der Waals surface area contributed by atoms with Gasteiger partial charge in [-0.1, -0.05) is 121 Å². The Bertz CT molecular complexity index is 3460. The number of nitrogens with zero attached hydrogens (tertiary/aromatic N) is 3. The van der Waals surface area contributed by atoms with Crippen LogP contribution in [0, 0.1) is 0 Å². The number of pyridine rings is 2. The van der Waals surface area contributed by atoms with Crippen LogP contribution in [0.25, 0.3) is 113 Å². The van der Waals surface area contributed by atoms with Gasteiger partial charge in [-0.2, -0.15) is 0 Å². The van der Waals surface area contributed by atoms with E-state index in [1.165, 1.54) is 68.8 Å². The third-order valence-electron chi connectivity index (χ3n) is 10.9. The lowest BCUT2D eigenvalue weighted by molar-refractivity contribution is 1.25. The summed E-state index contributed by atoms with van der Waals surface area (Å²) in [5, 5.41) is 13.6. The van der Waals surface area contributed by atoms with Crippen molar-refractivity contribution in [3.05, 3.63) is 164 Å². The van der Waals surface area contributed by atoms with Crippen LogP contribution in [-0.2, 0) is 0 Å². The molecule has 0 fully saturated rings. The molecule has 0 aliphatic rings. The lowest BCUT2D eigenvalue weighted by Crippen LogP contribution is -1.93. The molecule has 4 heterocycles. The van der Waals surface area contributed by atoms with Gasteiger partial charge in [0, 0.05) is 32.4 Å². The van der Waals surface area contributed by atoms with E-state index in [-0.39, 0.29) is 0 Å². The molecule has 52 heavy (non-hydrogen) atoms. The van der Waals surface area contributed by atoms with Gasteiger partial charge in [0.15, 0.2) is 5.65 Å². The van der Waals surface area contributed by atoms with Crippen LogP contribution in [0.4, 0.5) is 0 Å². The highest BCUT2D eigenvalue weighted by atomic mass is 32.1. The summed E-state index contributed by atoms with van der Waals surface area (Å²) in [5.41, 5.74) is 8.75. The van der Waals surface area contributed by atoms with E-state index in [1.54, 1.807) is 0 Å². The van der Waals surface area contributed by atoms with Crippen LogP contribution in [0.1, 0.15) is 0 Å². The van der Waals surface area contributed by atoms with Gasteiger partial charge in [0.25, 0.3) is 0 Å². The quantitative estimate of drug-likeness (QED) is 0.135. The van der Waals surface area contributed by atoms with Crippen molar-refractivity contribution in [2.45, 2.75) is 0 Å². The van der Waals surface area contributed by atoms with E-state index >= 15 is 0 Å². The predicted octanol–water partition coefficient (Wildman–Crippen LogP) is 13.4. The minimum Gasteiger partial charge on any atom is -0.291 e. The largest absolute Gasteiger partial charge is 0.291 e. The van der Waals surface area contributed by atoms with Crippen LogP contribution >= 0.6 is 11.3 Å². The maximum Gasteiger partial charge on any atom is 0.156 e. The number of aromatic nitrogens is 3. The van der Waals surface area contributed by atoms with Crippen LogP contribution in [0.2, 0.25) is 0 Å². The topological polar surface area (TPSA) is 30.2 Å². The third kappa shape index (κ3) is 4.01. The van der Waals surface area contributed by atoms with Crippen LogP contribution in [-0.4, -0.2) is 14.4 Å². The number of fused-ring (bicyclic) bond motifs is 14. The van der Waals surface area contributed by atoms with E-state index < -0.39 is 0 Å². The fourth-order valence-corrected chi connectivity index (χ4v) is 9.65. The summed E-state index contributed by atoms with van der Waals surface area (Å²) in [7, 11) is 0. The second-order valence-electron chi connectivity index (χ2n) is 13.9. The van der Waals surface area contributed by atoms with E-state index in [2.05, 4.69) is 162 Å². The Hall–Kier alpha value is -6.62. The number of hydrogen-bond acceptors (Lipinski definition) is 3. The van der Waals surface area contributed by atoms with Crippen LogP contribution in [0.15, 0.2) is 164 Å². The molecular weight excluding hydrogens is 651 g/mol. The van der Waals surface area contributed by atoms with E-state index in [1.807, 2.05) is 17.5 Å². The van der Waals surface area contributed by atoms with Gasteiger partial charge >= 0.3 is 0 Å². The molecule has 0 N–H and O–H groups in total. The second-order valence-corrected chi connectivity index (χ2v) is 14.9. The second kappa shape index (κ2) is 10.5. The SMILES string of the molecule is c1ccc2cc3cc4c(cc3cc2c1)nc1c2sc3c5ccccc5ccc3c2cc(-c2ccc(-c3ccc5c(c3)ncc3ccccc35)cc2)n41. The smallest absolute Gasteiger partial charge is 0.156 e. The molecule has 4 aromatic heterocycles. The van der Waals surface area contributed by atoms with Crippen molar-refractivity contribution in [2.24, 2.45) is 0 Å². The van der Waals surface area contributed by atoms with Gasteiger partial charge in [0.2, 0.25) is 0 Å². The average molecular weight is 678 g/mol. The summed E-state index contributed by atoms with van der Waals surface area (Å²) in [5.74, 6) is 0. The highest BCUT2D eigenvalue weighted by molar-refractivity contribution is 7.27. The molecule has 0 bridgehead atoms. The molecule has 0 atom stereocenters. The van der Waals surface area contributed by atoms with Crippen LogP contribution < -0.4 is 0 Å². The molecule has 0 saturated heterocycles. The molecule has 0 aliphatic carbocycles. The predicted molar refractivity (Wildman–Crippen MR) is 222 cm³/mol. The molecule has 3 nitrogen and oxygen atoms in total. The number of imidazole rings is 1. The standard InChI is InChI=1S/C48H27N3S/c1-2-9-32-22-36-25-45-43(24-35(36)21-31(32)8-1)50-48-47-41(40-20-17-29-7-3-6-12-38(29)46(40)52-47)26-44(51(45)48)30-15-13-28(14-16-30)33-18-19-39-37-11-5-4-10-34(37)27-49-42(39)23-33/h1-27H. The zero-order chi connectivity index (χ0) is 33.9. The molecule has 4 heteroatoms. The van der Waals surface area contributed by atoms with Crippen molar-refractivity contribution in [2.75, 3.05) is 0 Å². The molecule has 0 radical (unpaired) electrons. The lowest BCUT2D eigenvalue weighted by Gasteiger charge is -2.11. The van der Waals surface area contributed by atoms with E-state index in [4.69, 9.17) is 9.97 Å². The first-order valence-corrected chi connectivity index (χ1v) is 18.5. The molecule has 0 amide bonds. The van der Waals surface area contributed by atoms with Gasteiger partial charge in [-0.05, 0) is 90.8 Å². The first kappa shape index (κ1) is 28.1. The molecule has 0 saturated carbocycles. The maximum atomic E-state index is 5.42. The monoisotopic (exact) mass is 677 g/mol. The Morgan fingerprint density at radius 2 is 1.08 bits per heavy atom. The van der Waals surface area contributed by atoms with Crippen molar-refractivity contribution in [3.8, 4) is 22.4 Å². The fourth-order valence-electron chi connectivity index (χ4n) is 8.35. The lowest BCUT2D eigenvalue weighted by atomic mass is 9.99. The Morgan fingerprint density at radius 1 is 0.404 bits per heavy atom. The number of hydrogen-bond donors (Lipinski definition) is 0. The fraction of sp³-hybridized carbons (Fsp3) is 0. The van der Waals surface area contributed by atoms with Crippen molar-refractivity contribution >= 4 is 102 Å². The summed E-state index contributed by atoms with van der Waals surface area (Å²) in [6.45, 7) is 0. The zero-order valence-electron chi connectivity index (χ0n) is 27.8. The number of benzene rings is 8. The Balaban J connectivity index is 1.10. The van der Waals surface area contributed by atoms with Gasteiger partial charge in [0.05, 0.1) is 26.9 Å². The summed E-state index contributed by atoms with van der Waals surface area (Å²) in [4.78, 5) is 10.2. The summed E-state index contributed by atoms with van der Waals surface area (Å²) >= 11 is 1.86. The van der Waals surface area contributed by atoms with Gasteiger partial charge in [-0.3, -0.25) is 9.38 Å². The molecule has 0 aliphatic heterocycles. The Morgan fingerprint density at radius 3 is 1.90 bits per heavy atom. The Labute approximate surface area is 301 Å². The highest BCUT2D eigenvalue weighted by Gasteiger charge is 2.19. The van der Waals surface area contributed by atoms with Crippen molar-refractivity contribution in [1.82, 2.24) is 14.4 Å². The van der Waals surface area contributed by atoms with Gasteiger partial charge in [0.1, 0.15) is 0 Å². The molecule has 12 aromatic rings. The minimum absolute atomic E-state index is 1.00. The molecule has 0 unspecified atom stereocenters. The number of rotatable bonds is 2. The van der Waals surface area contributed by atoms with Gasteiger partial charge in [-0.25, -0.2) is 4.98 Å². The number of thiophene rings is 1. The normalized spacial score (nSPS) is 12.2. The maximum absolute atomic E-state index is 5.42. The van der Waals surface area contributed by atoms with E-state index in [0.29, 0.717) is 0 Å². The zero-order valence-corrected chi connectivity index (χ0v) is 28.7. The van der Waals surface area contributed by atoms with Crippen molar-refractivity contribution in [3.63, 3.8) is 0 Å². The van der Waals surface area contributed by atoms with E-state index in [0.717, 1.165) is 44.4 Å². The minimum atomic E-state index is 1.00. The summed E-state index contributed by atoms with van der Waals surface area (Å²) < 4.78 is 4.92. The average Bonchev–Trinajstić information content (AvgIpc) is 3.77. The van der Waals surface area contributed by atoms with Crippen molar-refractivity contribution in [1.29, 1.82) is 0 Å². The Kier molecular flexibility index (Phi) is 5.65. The van der Waals surface area contributed by atoms with Crippen LogP contribution in [0.5, 0.6) is 0 Å². The van der Waals surface area contributed by atoms with Gasteiger partial charge in [-0.15, -0.1) is 11.3 Å². The van der Waals surface area contributed by atoms with Gasteiger partial charge < -0.3 is 0 Å². The summed E-state index contributed by atoms with van der Waals surface area (Å²) in [6.07, 6.45) is 1.98. The first-order valence-electron chi connectivity index (χ1n) is 17.6. The molecule has 240 valence electrons. The highest BCUT2D eigenvalue weighted by Crippen LogP contribution is 2.44. The third-order valence-corrected chi connectivity index (χ3v) is 12.2. The molecule has 12 rings (SSSR count). The van der Waals surface area contributed by atoms with Crippen LogP contribution in [0.3, 0.4) is 0 Å². The molecule has 0 spiro atoms. The summed E-state index contributed by atoms with van der Waals surface area (Å²) in [6, 6.07) is 57.5. The molecule has 8 aromatic carbocycles. The first-order chi connectivity index (χ1) is 25.7. The van der Waals surface area contributed by atoms with E-state index in [9.17, 15) is 0 Å². The molecular formula is C48H27N3S. The van der Waals surface area contributed by atoms with Crippen molar-refractivity contribution < 1.29 is 0 Å².